The summed E-state index contributed by atoms with van der Waals surface area (Å²) in [5, 5.41) is 13.2. The zero-order chi connectivity index (χ0) is 20.8. The van der Waals surface area contributed by atoms with Gasteiger partial charge in [0.05, 0.1) is 13.1 Å². The third kappa shape index (κ3) is 4.82. The second-order valence-corrected chi connectivity index (χ2v) is 6.57. The molecule has 3 aromatic heterocycles. The predicted octanol–water partition coefficient (Wildman–Crippen LogP) is 2.51. The molecule has 0 spiro atoms. The Kier molecular flexibility index (Phi) is 5.70. The fourth-order valence-electron chi connectivity index (χ4n) is 2.81. The van der Waals surface area contributed by atoms with Gasteiger partial charge in [0.2, 0.25) is 0 Å². The molecule has 0 aliphatic rings. The normalized spacial score (nSPS) is 10.6. The van der Waals surface area contributed by atoms with Crippen molar-refractivity contribution in [2.24, 2.45) is 0 Å². The Bertz CT molecular complexity index is 1140. The molecular formula is C21H20N8O. The standard InChI is InChI=1S/C21H20N8O/c1-14-5-10-23-18(26-14)12-25-21(30)16-3-2-4-17(11-16)24-13-19-27-20(29-28-19)15-6-8-22-9-7-15/h2-11,24H,12-13H2,1H3,(H,25,30)(H,27,28,29). The van der Waals surface area contributed by atoms with Crippen molar-refractivity contribution in [3.63, 3.8) is 0 Å². The van der Waals surface area contributed by atoms with Crippen molar-refractivity contribution >= 4 is 11.6 Å². The van der Waals surface area contributed by atoms with E-state index in [1.165, 1.54) is 0 Å². The first-order chi connectivity index (χ1) is 14.7. The van der Waals surface area contributed by atoms with Gasteiger partial charge < -0.3 is 10.6 Å². The van der Waals surface area contributed by atoms with Crippen LogP contribution in [0.5, 0.6) is 0 Å². The van der Waals surface area contributed by atoms with Crippen LogP contribution in [-0.2, 0) is 13.1 Å². The lowest BCUT2D eigenvalue weighted by atomic mass is 10.2. The van der Waals surface area contributed by atoms with Crippen LogP contribution in [0.15, 0.2) is 61.1 Å². The Morgan fingerprint density at radius 3 is 2.73 bits per heavy atom. The van der Waals surface area contributed by atoms with Gasteiger partial charge in [0.1, 0.15) is 11.6 Å². The van der Waals surface area contributed by atoms with E-state index in [2.05, 4.69) is 40.8 Å². The number of hydrogen-bond acceptors (Lipinski definition) is 7. The Morgan fingerprint density at radius 1 is 1.03 bits per heavy atom. The fraction of sp³-hybridized carbons (Fsp3) is 0.143. The van der Waals surface area contributed by atoms with Gasteiger partial charge in [-0.2, -0.15) is 5.10 Å². The molecule has 0 aliphatic carbocycles. The number of nitrogens with one attached hydrogen (secondary N) is 3. The van der Waals surface area contributed by atoms with Crippen molar-refractivity contribution in [1.29, 1.82) is 0 Å². The van der Waals surface area contributed by atoms with Crippen LogP contribution in [-0.4, -0.2) is 36.0 Å². The number of aromatic nitrogens is 6. The minimum atomic E-state index is -0.191. The van der Waals surface area contributed by atoms with Crippen molar-refractivity contribution in [3.05, 3.63) is 84.0 Å². The van der Waals surface area contributed by atoms with Gasteiger partial charge in [0.15, 0.2) is 5.82 Å². The lowest BCUT2D eigenvalue weighted by molar-refractivity contribution is 0.0950. The summed E-state index contributed by atoms with van der Waals surface area (Å²) in [6.45, 7) is 2.60. The average molecular weight is 400 g/mol. The summed E-state index contributed by atoms with van der Waals surface area (Å²) in [5.41, 5.74) is 3.10. The number of nitrogens with zero attached hydrogens (tertiary/aromatic N) is 5. The highest BCUT2D eigenvalue weighted by Crippen LogP contribution is 2.14. The van der Waals surface area contributed by atoms with Crippen molar-refractivity contribution in [2.75, 3.05) is 5.32 Å². The maximum absolute atomic E-state index is 12.5. The number of benzene rings is 1. The SMILES string of the molecule is Cc1ccnc(CNC(=O)c2cccc(NCc3nc(-c4ccncc4)n[nH]3)c2)n1. The van der Waals surface area contributed by atoms with Crippen LogP contribution >= 0.6 is 0 Å². The van der Waals surface area contributed by atoms with Gasteiger partial charge in [-0.25, -0.2) is 15.0 Å². The number of aromatic amines is 1. The van der Waals surface area contributed by atoms with E-state index in [1.807, 2.05) is 37.3 Å². The topological polar surface area (TPSA) is 121 Å². The number of carbonyl (C=O) groups excluding carboxylic acids is 1. The van der Waals surface area contributed by atoms with Crippen molar-refractivity contribution in [3.8, 4) is 11.4 Å². The highest BCUT2D eigenvalue weighted by atomic mass is 16.1. The Morgan fingerprint density at radius 2 is 1.90 bits per heavy atom. The molecule has 30 heavy (non-hydrogen) atoms. The van der Waals surface area contributed by atoms with E-state index >= 15 is 0 Å². The molecule has 4 rings (SSSR count). The van der Waals surface area contributed by atoms with Crippen LogP contribution in [0.3, 0.4) is 0 Å². The summed E-state index contributed by atoms with van der Waals surface area (Å²) in [6.07, 6.45) is 5.08. The van der Waals surface area contributed by atoms with Gasteiger partial charge >= 0.3 is 0 Å². The van der Waals surface area contributed by atoms with Crippen LogP contribution in [0, 0.1) is 6.92 Å². The Balaban J connectivity index is 1.35. The van der Waals surface area contributed by atoms with Crippen LogP contribution < -0.4 is 10.6 Å². The number of carbonyl (C=O) groups is 1. The molecule has 4 aromatic rings. The molecule has 3 N–H and O–H groups in total. The number of rotatable bonds is 7. The molecule has 0 bridgehead atoms. The summed E-state index contributed by atoms with van der Waals surface area (Å²) in [7, 11) is 0. The van der Waals surface area contributed by atoms with Gasteiger partial charge in [0.25, 0.3) is 5.91 Å². The first kappa shape index (κ1) is 19.2. The molecule has 150 valence electrons. The number of H-pyrrole nitrogens is 1. The maximum atomic E-state index is 12.5. The first-order valence-electron chi connectivity index (χ1n) is 9.40. The quantitative estimate of drug-likeness (QED) is 0.436. The molecule has 0 atom stereocenters. The molecule has 0 saturated heterocycles. The van der Waals surface area contributed by atoms with Gasteiger partial charge in [-0.1, -0.05) is 6.07 Å². The molecule has 0 saturated carbocycles. The Hall–Kier alpha value is -4.14. The zero-order valence-electron chi connectivity index (χ0n) is 16.3. The molecule has 1 amide bonds. The number of hydrogen-bond donors (Lipinski definition) is 3. The third-order valence-electron chi connectivity index (χ3n) is 4.31. The van der Waals surface area contributed by atoms with Gasteiger partial charge in [-0.3, -0.25) is 14.9 Å². The summed E-state index contributed by atoms with van der Waals surface area (Å²) in [4.78, 5) is 29.4. The van der Waals surface area contributed by atoms with E-state index < -0.39 is 0 Å². The zero-order valence-corrected chi connectivity index (χ0v) is 16.3. The molecule has 3 heterocycles. The largest absolute Gasteiger partial charge is 0.378 e. The van der Waals surface area contributed by atoms with Crippen molar-refractivity contribution < 1.29 is 4.79 Å². The highest BCUT2D eigenvalue weighted by Gasteiger charge is 2.09. The van der Waals surface area contributed by atoms with E-state index in [4.69, 9.17) is 0 Å². The third-order valence-corrected chi connectivity index (χ3v) is 4.31. The summed E-state index contributed by atoms with van der Waals surface area (Å²) < 4.78 is 0. The molecule has 0 radical (unpaired) electrons. The molecule has 1 aromatic carbocycles. The second-order valence-electron chi connectivity index (χ2n) is 6.57. The lowest BCUT2D eigenvalue weighted by Gasteiger charge is -2.08. The van der Waals surface area contributed by atoms with Crippen LogP contribution in [0.4, 0.5) is 5.69 Å². The van der Waals surface area contributed by atoms with E-state index in [9.17, 15) is 4.79 Å². The highest BCUT2D eigenvalue weighted by molar-refractivity contribution is 5.95. The van der Waals surface area contributed by atoms with Crippen molar-refractivity contribution in [1.82, 2.24) is 35.5 Å². The molecule has 0 fully saturated rings. The van der Waals surface area contributed by atoms with Gasteiger partial charge in [-0.05, 0) is 43.3 Å². The maximum Gasteiger partial charge on any atom is 0.251 e. The molecule has 0 unspecified atom stereocenters. The second kappa shape index (κ2) is 8.91. The fourth-order valence-corrected chi connectivity index (χ4v) is 2.81. The van der Waals surface area contributed by atoms with Crippen LogP contribution in [0.1, 0.15) is 27.7 Å². The molecule has 9 heteroatoms. The van der Waals surface area contributed by atoms with Gasteiger partial charge in [0, 0.05) is 41.1 Å². The Labute approximate surface area is 173 Å². The number of aryl methyl sites for hydroxylation is 1. The minimum Gasteiger partial charge on any atom is -0.378 e. The van der Waals surface area contributed by atoms with E-state index in [1.54, 1.807) is 30.7 Å². The molecule has 9 nitrogen and oxygen atoms in total. The monoisotopic (exact) mass is 400 g/mol. The predicted molar refractivity (Wildman–Crippen MR) is 111 cm³/mol. The van der Waals surface area contributed by atoms with E-state index in [0.29, 0.717) is 29.6 Å². The van der Waals surface area contributed by atoms with Crippen molar-refractivity contribution in [2.45, 2.75) is 20.0 Å². The minimum absolute atomic E-state index is 0.191. The van der Waals surface area contributed by atoms with Gasteiger partial charge in [-0.15, -0.1) is 0 Å². The average Bonchev–Trinajstić information content (AvgIpc) is 3.26. The number of pyridine rings is 1. The lowest BCUT2D eigenvalue weighted by Crippen LogP contribution is -2.24. The van der Waals surface area contributed by atoms with E-state index in [-0.39, 0.29) is 12.5 Å². The van der Waals surface area contributed by atoms with Crippen LogP contribution in [0.25, 0.3) is 11.4 Å². The molecular weight excluding hydrogens is 380 g/mol. The summed E-state index contributed by atoms with van der Waals surface area (Å²) in [5.74, 6) is 1.69. The summed E-state index contributed by atoms with van der Waals surface area (Å²) >= 11 is 0. The molecule has 0 aliphatic heterocycles. The first-order valence-corrected chi connectivity index (χ1v) is 9.40. The number of anilines is 1. The number of amides is 1. The smallest absolute Gasteiger partial charge is 0.251 e. The van der Waals surface area contributed by atoms with E-state index in [0.717, 1.165) is 16.9 Å². The van der Waals surface area contributed by atoms with Crippen LogP contribution in [0.2, 0.25) is 0 Å². The summed E-state index contributed by atoms with van der Waals surface area (Å²) in [6, 6.07) is 12.8.